The summed E-state index contributed by atoms with van der Waals surface area (Å²) in [6.45, 7) is 3.97. The molecule has 1 aromatic carbocycles. The third-order valence-electron chi connectivity index (χ3n) is 4.74. The molecule has 114 valence electrons. The average Bonchev–Trinajstić information content (AvgIpc) is 3.15. The highest BCUT2D eigenvalue weighted by Crippen LogP contribution is 2.41. The molecule has 2 aliphatic rings. The summed E-state index contributed by atoms with van der Waals surface area (Å²) < 4.78 is 5.39. The van der Waals surface area contributed by atoms with Crippen molar-refractivity contribution in [2.24, 2.45) is 4.99 Å². The molecule has 0 spiro atoms. The van der Waals surface area contributed by atoms with Gasteiger partial charge in [-0.3, -0.25) is 4.99 Å². The van der Waals surface area contributed by atoms with Crippen LogP contribution < -0.4 is 15.4 Å². The second kappa shape index (κ2) is 5.96. The van der Waals surface area contributed by atoms with Gasteiger partial charge in [0.05, 0.1) is 13.7 Å². The number of nitrogens with one attached hydrogen (secondary N) is 2. The molecule has 1 aliphatic heterocycles. The molecule has 4 heteroatoms. The van der Waals surface area contributed by atoms with Crippen molar-refractivity contribution < 1.29 is 4.74 Å². The van der Waals surface area contributed by atoms with Crippen molar-refractivity contribution >= 4 is 5.96 Å². The number of aliphatic imine (C=N–C) groups is 1. The first kappa shape index (κ1) is 14.2. The molecule has 1 atom stereocenters. The highest BCUT2D eigenvalue weighted by Gasteiger charge is 2.36. The van der Waals surface area contributed by atoms with E-state index in [2.05, 4.69) is 40.7 Å². The van der Waals surface area contributed by atoms with E-state index in [1.807, 2.05) is 6.07 Å². The van der Waals surface area contributed by atoms with Gasteiger partial charge >= 0.3 is 0 Å². The summed E-state index contributed by atoms with van der Waals surface area (Å²) in [5.41, 5.74) is 1.60. The summed E-state index contributed by atoms with van der Waals surface area (Å²) in [6.07, 6.45) is 5.07. The first-order valence-corrected chi connectivity index (χ1v) is 7.91. The van der Waals surface area contributed by atoms with E-state index in [9.17, 15) is 0 Å². The Balaban J connectivity index is 1.76. The van der Waals surface area contributed by atoms with Gasteiger partial charge in [-0.05, 0) is 37.5 Å². The highest BCUT2D eigenvalue weighted by molar-refractivity contribution is 5.81. The Morgan fingerprint density at radius 3 is 2.86 bits per heavy atom. The molecule has 0 saturated heterocycles. The highest BCUT2D eigenvalue weighted by atomic mass is 16.5. The number of benzene rings is 1. The van der Waals surface area contributed by atoms with Gasteiger partial charge < -0.3 is 15.4 Å². The van der Waals surface area contributed by atoms with Gasteiger partial charge in [0.2, 0.25) is 0 Å². The van der Waals surface area contributed by atoms with Crippen LogP contribution in [0.3, 0.4) is 0 Å². The number of hydrogen-bond donors (Lipinski definition) is 2. The third kappa shape index (κ3) is 2.99. The molecule has 1 aromatic rings. The normalized spacial score (nSPS) is 23.5. The Morgan fingerprint density at radius 1 is 1.38 bits per heavy atom. The number of rotatable bonds is 4. The number of guanidine groups is 1. The maximum atomic E-state index is 5.39. The molecule has 0 amide bonds. The zero-order valence-electron chi connectivity index (χ0n) is 13.0. The molecule has 0 bridgehead atoms. The van der Waals surface area contributed by atoms with Gasteiger partial charge in [-0.1, -0.05) is 25.0 Å². The molecule has 1 aliphatic carbocycles. The SMILES string of the molecule is COc1cccc(C2(CNC3=NCC(C)N3)CCCC2)c1. The van der Waals surface area contributed by atoms with Crippen molar-refractivity contribution in [2.75, 3.05) is 20.2 Å². The van der Waals surface area contributed by atoms with E-state index in [1.165, 1.54) is 31.2 Å². The Morgan fingerprint density at radius 2 is 2.19 bits per heavy atom. The lowest BCUT2D eigenvalue weighted by atomic mass is 9.78. The predicted molar refractivity (Wildman–Crippen MR) is 86.0 cm³/mol. The van der Waals surface area contributed by atoms with Crippen LogP contribution in [0.2, 0.25) is 0 Å². The molecule has 21 heavy (non-hydrogen) atoms. The minimum absolute atomic E-state index is 0.213. The fourth-order valence-corrected chi connectivity index (χ4v) is 3.48. The van der Waals surface area contributed by atoms with Crippen LogP contribution in [0.25, 0.3) is 0 Å². The van der Waals surface area contributed by atoms with Crippen LogP contribution in [0.5, 0.6) is 5.75 Å². The topological polar surface area (TPSA) is 45.6 Å². The van der Waals surface area contributed by atoms with Gasteiger partial charge in [0.1, 0.15) is 5.75 Å². The number of methoxy groups -OCH3 is 1. The smallest absolute Gasteiger partial charge is 0.191 e. The van der Waals surface area contributed by atoms with Gasteiger partial charge in [-0.25, -0.2) is 0 Å². The molecule has 1 saturated carbocycles. The lowest BCUT2D eigenvalue weighted by Gasteiger charge is -2.30. The Hall–Kier alpha value is -1.71. The van der Waals surface area contributed by atoms with Gasteiger partial charge in [-0.2, -0.15) is 0 Å². The molecule has 0 aromatic heterocycles. The van der Waals surface area contributed by atoms with Crippen LogP contribution >= 0.6 is 0 Å². The molecule has 1 fully saturated rings. The first-order valence-electron chi connectivity index (χ1n) is 7.91. The van der Waals surface area contributed by atoms with E-state index in [0.29, 0.717) is 6.04 Å². The van der Waals surface area contributed by atoms with Crippen molar-refractivity contribution in [2.45, 2.75) is 44.1 Å². The molecule has 1 heterocycles. The first-order chi connectivity index (χ1) is 10.2. The van der Waals surface area contributed by atoms with Crippen molar-refractivity contribution in [3.63, 3.8) is 0 Å². The molecular formula is C17H25N3O. The lowest BCUT2D eigenvalue weighted by Crippen LogP contribution is -2.44. The number of nitrogens with zero attached hydrogens (tertiary/aromatic N) is 1. The van der Waals surface area contributed by atoms with E-state index in [4.69, 9.17) is 4.74 Å². The molecule has 0 radical (unpaired) electrons. The van der Waals surface area contributed by atoms with E-state index < -0.39 is 0 Å². The summed E-state index contributed by atoms with van der Waals surface area (Å²) in [7, 11) is 1.73. The summed E-state index contributed by atoms with van der Waals surface area (Å²) >= 11 is 0. The Labute approximate surface area is 127 Å². The van der Waals surface area contributed by atoms with Crippen molar-refractivity contribution in [3.05, 3.63) is 29.8 Å². The lowest BCUT2D eigenvalue weighted by molar-refractivity contribution is 0.404. The fourth-order valence-electron chi connectivity index (χ4n) is 3.48. The van der Waals surface area contributed by atoms with E-state index in [1.54, 1.807) is 7.11 Å². The minimum Gasteiger partial charge on any atom is -0.497 e. The molecule has 1 unspecified atom stereocenters. The van der Waals surface area contributed by atoms with Crippen LogP contribution in [0.15, 0.2) is 29.3 Å². The summed E-state index contributed by atoms with van der Waals surface area (Å²) in [4.78, 5) is 4.51. The van der Waals surface area contributed by atoms with Crippen molar-refractivity contribution in [1.82, 2.24) is 10.6 Å². The maximum Gasteiger partial charge on any atom is 0.191 e. The maximum absolute atomic E-state index is 5.39. The van der Waals surface area contributed by atoms with Crippen LogP contribution in [0, 0.1) is 0 Å². The third-order valence-corrected chi connectivity index (χ3v) is 4.74. The Kier molecular flexibility index (Phi) is 4.04. The minimum atomic E-state index is 0.213. The molecule has 2 N–H and O–H groups in total. The van der Waals surface area contributed by atoms with Crippen LogP contribution in [0.1, 0.15) is 38.2 Å². The van der Waals surface area contributed by atoms with E-state index >= 15 is 0 Å². The van der Waals surface area contributed by atoms with Crippen LogP contribution in [-0.4, -0.2) is 32.2 Å². The summed E-state index contributed by atoms with van der Waals surface area (Å²) in [6, 6.07) is 9.00. The van der Waals surface area contributed by atoms with Gasteiger partial charge in [0.15, 0.2) is 5.96 Å². The Bertz CT molecular complexity index is 521. The zero-order valence-corrected chi connectivity index (χ0v) is 13.0. The van der Waals surface area contributed by atoms with Crippen molar-refractivity contribution in [1.29, 1.82) is 0 Å². The average molecular weight is 287 g/mol. The molecular weight excluding hydrogens is 262 g/mol. The monoisotopic (exact) mass is 287 g/mol. The summed E-state index contributed by atoms with van der Waals surface area (Å²) in [5, 5.41) is 6.91. The molecule has 3 rings (SSSR count). The van der Waals surface area contributed by atoms with E-state index in [0.717, 1.165) is 24.8 Å². The number of hydrogen-bond acceptors (Lipinski definition) is 4. The quantitative estimate of drug-likeness (QED) is 0.894. The number of ether oxygens (including phenoxy) is 1. The van der Waals surface area contributed by atoms with Gasteiger partial charge in [0, 0.05) is 18.0 Å². The van der Waals surface area contributed by atoms with Crippen molar-refractivity contribution in [3.8, 4) is 5.75 Å². The largest absolute Gasteiger partial charge is 0.497 e. The second-order valence-electron chi connectivity index (χ2n) is 6.31. The standard InChI is InChI=1S/C17H25N3O/c1-13-11-18-16(20-13)19-12-17(8-3-4-9-17)14-6-5-7-15(10-14)21-2/h5-7,10,13H,3-4,8-9,11-12H2,1-2H3,(H2,18,19,20). The van der Waals surface area contributed by atoms with Gasteiger partial charge in [-0.15, -0.1) is 0 Å². The predicted octanol–water partition coefficient (Wildman–Crippen LogP) is 2.44. The summed E-state index contributed by atoms with van der Waals surface area (Å²) in [5.74, 6) is 1.90. The van der Waals surface area contributed by atoms with E-state index in [-0.39, 0.29) is 5.41 Å². The fraction of sp³-hybridized carbons (Fsp3) is 0.588. The second-order valence-corrected chi connectivity index (χ2v) is 6.31. The van der Waals surface area contributed by atoms with Gasteiger partial charge in [0.25, 0.3) is 0 Å². The molecule has 4 nitrogen and oxygen atoms in total. The van der Waals surface area contributed by atoms with Crippen LogP contribution in [-0.2, 0) is 5.41 Å². The van der Waals surface area contributed by atoms with Crippen LogP contribution in [0.4, 0.5) is 0 Å². The zero-order chi connectivity index (χ0) is 14.7.